The van der Waals surface area contributed by atoms with Crippen molar-refractivity contribution in [3.05, 3.63) is 35.9 Å². The lowest BCUT2D eigenvalue weighted by molar-refractivity contribution is -0.0192. The van der Waals surface area contributed by atoms with Crippen LogP contribution in [0.2, 0.25) is 18.1 Å². The zero-order valence-electron chi connectivity index (χ0n) is 15.6. The average Bonchev–Trinajstić information content (AvgIpc) is 2.80. The molecule has 1 aromatic carbocycles. The number of carbonyl (C=O) groups excluding carboxylic acids is 1. The molecular weight excluding hydrogens is 335 g/mol. The first kappa shape index (κ1) is 20.2. The molecule has 0 amide bonds. The third kappa shape index (κ3) is 4.73. The molecule has 2 radical (unpaired) electrons. The van der Waals surface area contributed by atoms with Crippen LogP contribution in [0.25, 0.3) is 0 Å². The van der Waals surface area contributed by atoms with Crippen LogP contribution in [0.5, 0.6) is 0 Å². The highest BCUT2D eigenvalue weighted by Crippen LogP contribution is 2.39. The van der Waals surface area contributed by atoms with E-state index < -0.39 is 38.6 Å². The van der Waals surface area contributed by atoms with Crippen LogP contribution in [0.3, 0.4) is 0 Å². The SMILES string of the molecule is [B][C@@H]1O[C@H](COC(=O)c2ccccc2)[C@H](O[Si](C)(C)C(C)(C)C)C1O. The summed E-state index contributed by atoms with van der Waals surface area (Å²) in [6.07, 6.45) is -2.15. The molecule has 0 aromatic heterocycles. The van der Waals surface area contributed by atoms with Crippen LogP contribution in [0.1, 0.15) is 31.1 Å². The van der Waals surface area contributed by atoms with Gasteiger partial charge in [0.2, 0.25) is 0 Å². The van der Waals surface area contributed by atoms with Crippen LogP contribution in [0, 0.1) is 0 Å². The first-order valence-electron chi connectivity index (χ1n) is 8.52. The molecule has 1 saturated heterocycles. The van der Waals surface area contributed by atoms with Gasteiger partial charge in [-0.3, -0.25) is 0 Å². The van der Waals surface area contributed by atoms with E-state index in [0.29, 0.717) is 5.56 Å². The van der Waals surface area contributed by atoms with Crippen molar-refractivity contribution < 1.29 is 23.8 Å². The van der Waals surface area contributed by atoms with Crippen molar-refractivity contribution in [1.82, 2.24) is 0 Å². The van der Waals surface area contributed by atoms with Gasteiger partial charge in [0.25, 0.3) is 0 Å². The van der Waals surface area contributed by atoms with Gasteiger partial charge < -0.3 is 19.0 Å². The van der Waals surface area contributed by atoms with Gasteiger partial charge in [-0.15, -0.1) is 0 Å². The van der Waals surface area contributed by atoms with Crippen LogP contribution in [0.4, 0.5) is 0 Å². The molecule has 1 N–H and O–H groups in total. The van der Waals surface area contributed by atoms with Gasteiger partial charge in [-0.25, -0.2) is 4.79 Å². The molecule has 5 nitrogen and oxygen atoms in total. The highest BCUT2D eigenvalue weighted by Gasteiger charge is 2.48. The second-order valence-electron chi connectivity index (χ2n) is 7.94. The maximum atomic E-state index is 12.1. The number of esters is 1. The molecule has 0 bridgehead atoms. The highest BCUT2D eigenvalue weighted by molar-refractivity contribution is 6.74. The third-order valence-electron chi connectivity index (χ3n) is 5.00. The lowest BCUT2D eigenvalue weighted by Gasteiger charge is -2.40. The largest absolute Gasteiger partial charge is 0.459 e. The average molecular weight is 362 g/mol. The summed E-state index contributed by atoms with van der Waals surface area (Å²) in [4.78, 5) is 12.1. The first-order chi connectivity index (χ1) is 11.5. The predicted octanol–water partition coefficient (Wildman–Crippen LogP) is 2.49. The molecule has 0 spiro atoms. The Kier molecular flexibility index (Phi) is 6.14. The summed E-state index contributed by atoms with van der Waals surface area (Å²) in [5, 5.41) is 10.3. The molecule has 7 heteroatoms. The van der Waals surface area contributed by atoms with Crippen molar-refractivity contribution >= 4 is 22.1 Å². The summed E-state index contributed by atoms with van der Waals surface area (Å²) < 4.78 is 17.2. The molecule has 1 aliphatic heterocycles. The Bertz CT molecular complexity index is 587. The summed E-state index contributed by atoms with van der Waals surface area (Å²) in [7, 11) is 3.69. The van der Waals surface area contributed by atoms with Gasteiger partial charge in [-0.2, -0.15) is 0 Å². The van der Waals surface area contributed by atoms with E-state index in [0.717, 1.165) is 0 Å². The number of benzene rings is 1. The maximum absolute atomic E-state index is 12.1. The number of aliphatic hydroxyl groups excluding tert-OH is 1. The van der Waals surface area contributed by atoms with Gasteiger partial charge in [-0.1, -0.05) is 39.0 Å². The van der Waals surface area contributed by atoms with Gasteiger partial charge in [0, 0.05) is 6.00 Å². The summed E-state index contributed by atoms with van der Waals surface area (Å²) in [5.41, 5.74) is 0.465. The summed E-state index contributed by atoms with van der Waals surface area (Å²) in [6.45, 7) is 10.5. The zero-order chi connectivity index (χ0) is 18.8. The van der Waals surface area contributed by atoms with E-state index in [1.807, 2.05) is 6.07 Å². The van der Waals surface area contributed by atoms with Crippen LogP contribution < -0.4 is 0 Å². The van der Waals surface area contributed by atoms with E-state index in [4.69, 9.17) is 21.7 Å². The Hall–Kier alpha value is -1.15. The molecule has 1 aliphatic rings. The van der Waals surface area contributed by atoms with Crippen molar-refractivity contribution in [3.8, 4) is 0 Å². The maximum Gasteiger partial charge on any atom is 0.338 e. The quantitative estimate of drug-likeness (QED) is 0.644. The zero-order valence-corrected chi connectivity index (χ0v) is 16.6. The lowest BCUT2D eigenvalue weighted by Crippen LogP contribution is -2.50. The van der Waals surface area contributed by atoms with Crippen LogP contribution in [0.15, 0.2) is 30.3 Å². The van der Waals surface area contributed by atoms with Gasteiger partial charge >= 0.3 is 5.97 Å². The van der Waals surface area contributed by atoms with E-state index >= 15 is 0 Å². The summed E-state index contributed by atoms with van der Waals surface area (Å²) in [5.74, 6) is -0.440. The van der Waals surface area contributed by atoms with E-state index in [2.05, 4.69) is 33.9 Å². The minimum absolute atomic E-state index is 0.0161. The number of ether oxygens (including phenoxy) is 2. The number of aliphatic hydroxyl groups is 1. The van der Waals surface area contributed by atoms with Crippen molar-refractivity contribution in [2.75, 3.05) is 6.61 Å². The Morgan fingerprint density at radius 3 is 2.44 bits per heavy atom. The van der Waals surface area contributed by atoms with E-state index in [1.54, 1.807) is 24.3 Å². The fourth-order valence-corrected chi connectivity index (χ4v) is 3.70. The number of rotatable bonds is 5. The van der Waals surface area contributed by atoms with Gasteiger partial charge in [0.05, 0.1) is 11.7 Å². The van der Waals surface area contributed by atoms with Gasteiger partial charge in [-0.05, 0) is 30.3 Å². The monoisotopic (exact) mass is 362 g/mol. The normalized spacial score (nSPS) is 27.3. The van der Waals surface area contributed by atoms with Crippen LogP contribution in [-0.4, -0.2) is 58.2 Å². The fourth-order valence-electron chi connectivity index (χ4n) is 2.38. The Morgan fingerprint density at radius 1 is 1.28 bits per heavy atom. The molecule has 25 heavy (non-hydrogen) atoms. The van der Waals surface area contributed by atoms with Crippen molar-refractivity contribution in [2.45, 2.75) is 63.2 Å². The standard InChI is InChI=1S/C18H27BO5Si/c1-18(2,3)25(4,5)24-15-13(23-16(19)14(15)20)11-22-17(21)12-9-7-6-8-10-12/h6-10,13-16,20H,11H2,1-5H3/t13-,14?,15+,16-/m1/s1. The van der Waals surface area contributed by atoms with E-state index in [9.17, 15) is 9.90 Å². The molecule has 1 unspecified atom stereocenters. The smallest absolute Gasteiger partial charge is 0.338 e. The molecule has 1 aromatic rings. The Labute approximate surface area is 152 Å². The van der Waals surface area contributed by atoms with Crippen molar-refractivity contribution in [3.63, 3.8) is 0 Å². The number of hydrogen-bond donors (Lipinski definition) is 1. The second-order valence-corrected chi connectivity index (χ2v) is 12.7. The van der Waals surface area contributed by atoms with Crippen molar-refractivity contribution in [2.24, 2.45) is 0 Å². The van der Waals surface area contributed by atoms with Gasteiger partial charge in [0.1, 0.15) is 26.7 Å². The van der Waals surface area contributed by atoms with E-state index in [1.165, 1.54) is 0 Å². The Balaban J connectivity index is 2.04. The molecule has 1 heterocycles. The Morgan fingerprint density at radius 2 is 1.88 bits per heavy atom. The molecule has 136 valence electrons. The second kappa shape index (κ2) is 7.62. The van der Waals surface area contributed by atoms with Gasteiger partial charge in [0.15, 0.2) is 8.32 Å². The molecule has 2 rings (SSSR count). The molecule has 1 fully saturated rings. The van der Waals surface area contributed by atoms with Crippen molar-refractivity contribution in [1.29, 1.82) is 0 Å². The minimum Gasteiger partial charge on any atom is -0.459 e. The lowest BCUT2D eigenvalue weighted by atomic mass is 9.93. The fraction of sp³-hybridized carbons (Fsp3) is 0.611. The predicted molar refractivity (Wildman–Crippen MR) is 99.2 cm³/mol. The van der Waals surface area contributed by atoms with E-state index in [-0.39, 0.29) is 11.6 Å². The minimum atomic E-state index is -2.14. The number of carbonyl (C=O) groups is 1. The molecule has 0 aliphatic carbocycles. The number of hydrogen-bond acceptors (Lipinski definition) is 5. The molecular formula is C18H27BO5Si. The first-order valence-corrected chi connectivity index (χ1v) is 11.4. The van der Waals surface area contributed by atoms with Crippen LogP contribution in [-0.2, 0) is 13.9 Å². The molecule has 0 saturated carbocycles. The topological polar surface area (TPSA) is 65.0 Å². The summed E-state index contributed by atoms with van der Waals surface area (Å²) in [6, 6.07) is 7.88. The third-order valence-corrected chi connectivity index (χ3v) is 9.47. The highest BCUT2D eigenvalue weighted by atomic mass is 28.4. The summed E-state index contributed by atoms with van der Waals surface area (Å²) >= 11 is 0. The van der Waals surface area contributed by atoms with Crippen LogP contribution >= 0.6 is 0 Å². The molecule has 4 atom stereocenters.